The second kappa shape index (κ2) is 4.62. The van der Waals surface area contributed by atoms with Crippen LogP contribution in [0.5, 0.6) is 11.5 Å². The lowest BCUT2D eigenvalue weighted by Gasteiger charge is -2.09. The van der Waals surface area contributed by atoms with E-state index >= 15 is 0 Å². The molecule has 0 saturated carbocycles. The summed E-state index contributed by atoms with van der Waals surface area (Å²) in [4.78, 5) is 0. The van der Waals surface area contributed by atoms with Gasteiger partial charge in [-0.3, -0.25) is 0 Å². The molecule has 3 heteroatoms. The van der Waals surface area contributed by atoms with Gasteiger partial charge in [0.05, 0.1) is 14.2 Å². The van der Waals surface area contributed by atoms with Crippen molar-refractivity contribution in [3.8, 4) is 11.5 Å². The Morgan fingerprint density at radius 1 is 0.938 bits per heavy atom. The van der Waals surface area contributed by atoms with Gasteiger partial charge in [0, 0.05) is 5.88 Å². The van der Waals surface area contributed by atoms with Crippen LogP contribution in [-0.4, -0.2) is 14.2 Å². The first-order valence-electron chi connectivity index (χ1n) is 4.99. The standard InChI is InChI=1S/C13H13ClO2/c1-15-12-6-10-4-3-9(8-14)5-11(10)7-13(12)16-2/h3-7H,8H2,1-2H3. The summed E-state index contributed by atoms with van der Waals surface area (Å²) in [5.41, 5.74) is 1.10. The average molecular weight is 237 g/mol. The quantitative estimate of drug-likeness (QED) is 0.759. The summed E-state index contributed by atoms with van der Waals surface area (Å²) in [7, 11) is 3.27. The van der Waals surface area contributed by atoms with Gasteiger partial charge >= 0.3 is 0 Å². The van der Waals surface area contributed by atoms with Gasteiger partial charge in [0.1, 0.15) is 0 Å². The third-order valence-corrected chi connectivity index (χ3v) is 2.87. The highest BCUT2D eigenvalue weighted by molar-refractivity contribution is 6.17. The van der Waals surface area contributed by atoms with E-state index in [1.54, 1.807) is 14.2 Å². The highest BCUT2D eigenvalue weighted by atomic mass is 35.5. The molecule has 16 heavy (non-hydrogen) atoms. The third-order valence-electron chi connectivity index (χ3n) is 2.56. The molecule has 0 aliphatic carbocycles. The van der Waals surface area contributed by atoms with Crippen molar-refractivity contribution in [2.24, 2.45) is 0 Å². The molecule has 0 aliphatic rings. The molecule has 0 spiro atoms. The Morgan fingerprint density at radius 2 is 1.56 bits per heavy atom. The lowest BCUT2D eigenvalue weighted by molar-refractivity contribution is 0.356. The molecule has 2 aromatic rings. The Balaban J connectivity index is 2.63. The van der Waals surface area contributed by atoms with E-state index in [-0.39, 0.29) is 0 Å². The van der Waals surface area contributed by atoms with Gasteiger partial charge < -0.3 is 9.47 Å². The summed E-state index contributed by atoms with van der Waals surface area (Å²) in [6.45, 7) is 0. The first kappa shape index (κ1) is 11.1. The number of rotatable bonds is 3. The van der Waals surface area contributed by atoms with Gasteiger partial charge in [0.25, 0.3) is 0 Å². The SMILES string of the molecule is COc1cc2ccc(CCl)cc2cc1OC. The van der Waals surface area contributed by atoms with Crippen LogP contribution in [-0.2, 0) is 5.88 Å². The van der Waals surface area contributed by atoms with Crippen LogP contribution < -0.4 is 9.47 Å². The molecule has 0 radical (unpaired) electrons. The summed E-state index contributed by atoms with van der Waals surface area (Å²) >= 11 is 5.80. The largest absolute Gasteiger partial charge is 0.493 e. The van der Waals surface area contributed by atoms with Gasteiger partial charge in [-0.2, -0.15) is 0 Å². The number of fused-ring (bicyclic) bond motifs is 1. The van der Waals surface area contributed by atoms with Gasteiger partial charge in [-0.15, -0.1) is 11.6 Å². The van der Waals surface area contributed by atoms with E-state index in [0.717, 1.165) is 27.8 Å². The topological polar surface area (TPSA) is 18.5 Å². The van der Waals surface area contributed by atoms with Gasteiger partial charge in [-0.1, -0.05) is 12.1 Å². The summed E-state index contributed by atoms with van der Waals surface area (Å²) in [6, 6.07) is 10.0. The monoisotopic (exact) mass is 236 g/mol. The summed E-state index contributed by atoms with van der Waals surface area (Å²) in [6.07, 6.45) is 0. The summed E-state index contributed by atoms with van der Waals surface area (Å²) < 4.78 is 10.5. The van der Waals surface area contributed by atoms with Crippen molar-refractivity contribution in [3.05, 3.63) is 35.9 Å². The van der Waals surface area contributed by atoms with Crippen LogP contribution in [0.25, 0.3) is 10.8 Å². The fourth-order valence-electron chi connectivity index (χ4n) is 1.71. The molecule has 0 N–H and O–H groups in total. The zero-order chi connectivity index (χ0) is 11.5. The van der Waals surface area contributed by atoms with E-state index in [0.29, 0.717) is 5.88 Å². The van der Waals surface area contributed by atoms with E-state index in [9.17, 15) is 0 Å². The number of benzene rings is 2. The van der Waals surface area contributed by atoms with E-state index in [1.807, 2.05) is 24.3 Å². The molecule has 0 fully saturated rings. The smallest absolute Gasteiger partial charge is 0.161 e. The molecule has 0 saturated heterocycles. The van der Waals surface area contributed by atoms with Crippen LogP contribution in [0.3, 0.4) is 0 Å². The number of alkyl halides is 1. The number of ether oxygens (including phenoxy) is 2. The zero-order valence-corrected chi connectivity index (χ0v) is 10.0. The molecular weight excluding hydrogens is 224 g/mol. The maximum Gasteiger partial charge on any atom is 0.161 e. The van der Waals surface area contributed by atoms with Gasteiger partial charge in [-0.05, 0) is 34.5 Å². The second-order valence-corrected chi connectivity index (χ2v) is 3.79. The Labute approximate surface area is 99.7 Å². The van der Waals surface area contributed by atoms with Crippen molar-refractivity contribution in [2.75, 3.05) is 14.2 Å². The molecule has 0 unspecified atom stereocenters. The number of hydrogen-bond acceptors (Lipinski definition) is 2. The molecule has 0 atom stereocenters. The molecule has 0 aliphatic heterocycles. The van der Waals surface area contributed by atoms with E-state index in [4.69, 9.17) is 21.1 Å². The van der Waals surface area contributed by atoms with Crippen molar-refractivity contribution in [1.29, 1.82) is 0 Å². The average Bonchev–Trinajstić information content (AvgIpc) is 2.36. The van der Waals surface area contributed by atoms with Crippen LogP contribution >= 0.6 is 11.6 Å². The predicted molar refractivity (Wildman–Crippen MR) is 66.6 cm³/mol. The predicted octanol–water partition coefficient (Wildman–Crippen LogP) is 3.60. The van der Waals surface area contributed by atoms with Crippen LogP contribution in [0.2, 0.25) is 0 Å². The first-order chi connectivity index (χ1) is 7.78. The normalized spacial score (nSPS) is 10.4. The maximum atomic E-state index is 5.80. The highest BCUT2D eigenvalue weighted by Gasteiger charge is 2.05. The zero-order valence-electron chi connectivity index (χ0n) is 9.29. The number of halogens is 1. The van der Waals surface area contributed by atoms with Crippen LogP contribution in [0.15, 0.2) is 30.3 Å². The van der Waals surface area contributed by atoms with Gasteiger partial charge in [0.2, 0.25) is 0 Å². The molecule has 0 amide bonds. The Morgan fingerprint density at radius 3 is 2.12 bits per heavy atom. The fraction of sp³-hybridized carbons (Fsp3) is 0.231. The van der Waals surface area contributed by atoms with Gasteiger partial charge in [-0.25, -0.2) is 0 Å². The number of hydrogen-bond donors (Lipinski definition) is 0. The number of methoxy groups -OCH3 is 2. The van der Waals surface area contributed by atoms with Crippen molar-refractivity contribution < 1.29 is 9.47 Å². The third kappa shape index (κ3) is 1.93. The molecule has 2 aromatic carbocycles. The van der Waals surface area contributed by atoms with Crippen LogP contribution in [0.1, 0.15) is 5.56 Å². The molecule has 2 nitrogen and oxygen atoms in total. The molecule has 0 aromatic heterocycles. The molecule has 0 heterocycles. The molecule has 2 rings (SSSR count). The highest BCUT2D eigenvalue weighted by Crippen LogP contribution is 2.32. The van der Waals surface area contributed by atoms with Crippen molar-refractivity contribution in [1.82, 2.24) is 0 Å². The minimum absolute atomic E-state index is 0.518. The Bertz CT molecular complexity index is 509. The lowest BCUT2D eigenvalue weighted by Crippen LogP contribution is -1.90. The van der Waals surface area contributed by atoms with Crippen molar-refractivity contribution in [2.45, 2.75) is 5.88 Å². The van der Waals surface area contributed by atoms with E-state index < -0.39 is 0 Å². The molecule has 0 bridgehead atoms. The van der Waals surface area contributed by atoms with Gasteiger partial charge in [0.15, 0.2) is 11.5 Å². The molecule has 84 valence electrons. The first-order valence-corrected chi connectivity index (χ1v) is 5.52. The Hall–Kier alpha value is -1.41. The minimum Gasteiger partial charge on any atom is -0.493 e. The Kier molecular flexibility index (Phi) is 3.20. The molecular formula is C13H13ClO2. The summed E-state index contributed by atoms with van der Waals surface area (Å²) in [5.74, 6) is 2.00. The van der Waals surface area contributed by atoms with Crippen molar-refractivity contribution >= 4 is 22.4 Å². The lowest BCUT2D eigenvalue weighted by atomic mass is 10.1. The van der Waals surface area contributed by atoms with Crippen LogP contribution in [0.4, 0.5) is 0 Å². The van der Waals surface area contributed by atoms with E-state index in [1.165, 1.54) is 0 Å². The van der Waals surface area contributed by atoms with Crippen molar-refractivity contribution in [3.63, 3.8) is 0 Å². The summed E-state index contributed by atoms with van der Waals surface area (Å²) in [5, 5.41) is 2.22. The van der Waals surface area contributed by atoms with E-state index in [2.05, 4.69) is 6.07 Å². The fourth-order valence-corrected chi connectivity index (χ4v) is 1.87. The maximum absolute atomic E-state index is 5.80. The second-order valence-electron chi connectivity index (χ2n) is 3.52. The van der Waals surface area contributed by atoms with Crippen LogP contribution in [0, 0.1) is 0 Å². The minimum atomic E-state index is 0.518.